The highest BCUT2D eigenvalue weighted by atomic mass is 35.5. The van der Waals surface area contributed by atoms with Crippen molar-refractivity contribution in [3.05, 3.63) is 29.3 Å². The van der Waals surface area contributed by atoms with Crippen LogP contribution in [0, 0.1) is 5.41 Å². The third-order valence-electron chi connectivity index (χ3n) is 3.50. The maximum atomic E-state index is 12.5. The number of ketones is 1. The molecule has 0 amide bonds. The van der Waals surface area contributed by atoms with Crippen molar-refractivity contribution in [2.75, 3.05) is 18.6 Å². The van der Waals surface area contributed by atoms with Gasteiger partial charge in [0.15, 0.2) is 12.4 Å². The van der Waals surface area contributed by atoms with Gasteiger partial charge in [-0.1, -0.05) is 32.4 Å². The molecule has 26 heavy (non-hydrogen) atoms. The van der Waals surface area contributed by atoms with Crippen LogP contribution in [-0.2, 0) is 24.3 Å². The number of sulfonamides is 1. The predicted molar refractivity (Wildman–Crippen MR) is 104 cm³/mol. The van der Waals surface area contributed by atoms with Crippen molar-refractivity contribution in [2.24, 2.45) is 5.41 Å². The van der Waals surface area contributed by atoms with Gasteiger partial charge in [-0.05, 0) is 42.7 Å². The van der Waals surface area contributed by atoms with Gasteiger partial charge in [-0.3, -0.25) is 9.59 Å². The van der Waals surface area contributed by atoms with Crippen LogP contribution >= 0.6 is 23.4 Å². The fraction of sp³-hybridized carbons (Fsp3) is 0.529. The van der Waals surface area contributed by atoms with E-state index >= 15 is 0 Å². The van der Waals surface area contributed by atoms with E-state index in [1.807, 2.05) is 6.26 Å². The van der Waals surface area contributed by atoms with Crippen molar-refractivity contribution in [3.63, 3.8) is 0 Å². The average molecular weight is 422 g/mol. The lowest BCUT2D eigenvalue weighted by molar-refractivity contribution is -0.151. The van der Waals surface area contributed by atoms with Crippen LogP contribution < -0.4 is 4.72 Å². The summed E-state index contributed by atoms with van der Waals surface area (Å²) in [6.07, 6.45) is 2.09. The summed E-state index contributed by atoms with van der Waals surface area (Å²) in [5.74, 6) is -0.458. The first kappa shape index (κ1) is 23.0. The van der Waals surface area contributed by atoms with Crippen LogP contribution in [0.2, 0.25) is 5.02 Å². The van der Waals surface area contributed by atoms with Crippen LogP contribution in [0.3, 0.4) is 0 Å². The molecule has 9 heteroatoms. The lowest BCUT2D eigenvalue weighted by Gasteiger charge is -2.20. The topological polar surface area (TPSA) is 89.5 Å². The quantitative estimate of drug-likeness (QED) is 0.616. The Balaban J connectivity index is 2.86. The number of Topliss-reactive ketones (excluding diaryl/α,β-unsaturated/α-hetero) is 1. The second kappa shape index (κ2) is 9.73. The van der Waals surface area contributed by atoms with Crippen LogP contribution in [0.15, 0.2) is 29.2 Å². The first-order valence-electron chi connectivity index (χ1n) is 7.94. The van der Waals surface area contributed by atoms with Crippen LogP contribution in [0.1, 0.15) is 27.2 Å². The van der Waals surface area contributed by atoms with E-state index in [2.05, 4.69) is 4.72 Å². The molecule has 0 saturated heterocycles. The highest BCUT2D eigenvalue weighted by Crippen LogP contribution is 2.17. The molecule has 1 N–H and O–H groups in total. The number of hydrogen-bond donors (Lipinski definition) is 1. The number of benzene rings is 1. The molecule has 0 unspecified atom stereocenters. The molecule has 0 heterocycles. The molecule has 0 fully saturated rings. The van der Waals surface area contributed by atoms with Gasteiger partial charge in [-0.2, -0.15) is 16.5 Å². The number of carbonyl (C=O) groups excluding carboxylic acids is 2. The normalized spacial score (nSPS) is 13.3. The first-order valence-corrected chi connectivity index (χ1v) is 11.2. The fourth-order valence-corrected chi connectivity index (χ4v) is 3.60. The summed E-state index contributed by atoms with van der Waals surface area (Å²) in [5, 5.41) is 0.406. The number of hydrogen-bond acceptors (Lipinski definition) is 6. The second-order valence-corrected chi connectivity index (χ2v) is 9.83. The summed E-state index contributed by atoms with van der Waals surface area (Å²) >= 11 is 7.24. The van der Waals surface area contributed by atoms with Gasteiger partial charge in [0, 0.05) is 10.4 Å². The Morgan fingerprint density at radius 2 is 1.81 bits per heavy atom. The maximum absolute atomic E-state index is 12.5. The van der Waals surface area contributed by atoms with Gasteiger partial charge in [-0.25, -0.2) is 8.42 Å². The monoisotopic (exact) mass is 421 g/mol. The lowest BCUT2D eigenvalue weighted by atomic mass is 9.91. The number of halogens is 1. The molecule has 1 aromatic rings. The van der Waals surface area contributed by atoms with Crippen LogP contribution in [0.4, 0.5) is 0 Å². The number of ether oxygens (including phenoxy) is 1. The van der Waals surface area contributed by atoms with Crippen LogP contribution in [0.5, 0.6) is 0 Å². The van der Waals surface area contributed by atoms with Crippen LogP contribution in [0.25, 0.3) is 0 Å². The maximum Gasteiger partial charge on any atom is 0.324 e. The van der Waals surface area contributed by atoms with E-state index in [1.54, 1.807) is 20.8 Å². The molecule has 0 bridgehead atoms. The molecule has 1 aromatic carbocycles. The summed E-state index contributed by atoms with van der Waals surface area (Å²) in [6.45, 7) is 4.77. The van der Waals surface area contributed by atoms with Gasteiger partial charge in [0.1, 0.15) is 6.04 Å². The third-order valence-corrected chi connectivity index (χ3v) is 5.88. The minimum absolute atomic E-state index is 0.00498. The lowest BCUT2D eigenvalue weighted by Crippen LogP contribution is -2.43. The summed E-state index contributed by atoms with van der Waals surface area (Å²) in [6, 6.07) is 4.53. The highest BCUT2D eigenvalue weighted by Gasteiger charge is 2.29. The Bertz CT molecular complexity index is 727. The predicted octanol–water partition coefficient (Wildman–Crippen LogP) is 2.90. The molecular weight excluding hydrogens is 398 g/mol. The first-order chi connectivity index (χ1) is 12.0. The summed E-state index contributed by atoms with van der Waals surface area (Å²) in [4.78, 5) is 24.2. The molecule has 0 radical (unpaired) electrons. The Kier molecular flexibility index (Phi) is 8.59. The van der Waals surface area contributed by atoms with Gasteiger partial charge in [0.2, 0.25) is 10.0 Å². The molecule has 0 aromatic heterocycles. The van der Waals surface area contributed by atoms with Crippen molar-refractivity contribution >= 4 is 45.1 Å². The van der Waals surface area contributed by atoms with E-state index in [0.29, 0.717) is 10.8 Å². The number of esters is 1. The van der Waals surface area contributed by atoms with E-state index < -0.39 is 27.4 Å². The second-order valence-electron chi connectivity index (χ2n) is 6.69. The molecule has 1 rings (SSSR count). The van der Waals surface area contributed by atoms with E-state index in [4.69, 9.17) is 16.3 Å². The number of rotatable bonds is 9. The molecule has 0 saturated carbocycles. The molecule has 1 atom stereocenters. The van der Waals surface area contributed by atoms with Crippen molar-refractivity contribution in [1.29, 1.82) is 0 Å². The number of thioether (sulfide) groups is 1. The summed E-state index contributed by atoms with van der Waals surface area (Å²) in [7, 11) is -3.92. The smallest absolute Gasteiger partial charge is 0.324 e. The zero-order valence-electron chi connectivity index (χ0n) is 15.2. The standard InChI is InChI=1S/C17H24ClNO5S2/c1-17(2,3)15(20)11-24-16(21)14(9-10-25-4)19-26(22,23)13-7-5-12(18)6-8-13/h5-8,14,19H,9-11H2,1-4H3/t14-/m0/s1. The molecule has 0 aliphatic heterocycles. The molecule has 0 aliphatic rings. The Hall–Kier alpha value is -1.09. The van der Waals surface area contributed by atoms with E-state index in [1.165, 1.54) is 36.0 Å². The van der Waals surface area contributed by atoms with Crippen molar-refractivity contribution in [2.45, 2.75) is 38.1 Å². The number of carbonyl (C=O) groups is 2. The molecule has 0 spiro atoms. The van der Waals surface area contributed by atoms with Crippen molar-refractivity contribution < 1.29 is 22.7 Å². The molecular formula is C17H24ClNO5S2. The molecule has 146 valence electrons. The average Bonchev–Trinajstić information content (AvgIpc) is 2.55. The Labute approximate surface area is 164 Å². The minimum Gasteiger partial charge on any atom is -0.456 e. The fourth-order valence-electron chi connectivity index (χ4n) is 1.78. The van der Waals surface area contributed by atoms with Crippen LogP contribution in [-0.4, -0.2) is 44.8 Å². The van der Waals surface area contributed by atoms with Crippen molar-refractivity contribution in [3.8, 4) is 0 Å². The largest absolute Gasteiger partial charge is 0.456 e. The Morgan fingerprint density at radius 3 is 2.31 bits per heavy atom. The van der Waals surface area contributed by atoms with Gasteiger partial charge < -0.3 is 4.74 Å². The third kappa shape index (κ3) is 7.26. The molecule has 0 aliphatic carbocycles. The summed E-state index contributed by atoms with van der Waals surface area (Å²) in [5.41, 5.74) is -0.641. The zero-order chi connectivity index (χ0) is 20.0. The van der Waals surface area contributed by atoms with E-state index in [9.17, 15) is 18.0 Å². The number of nitrogens with one attached hydrogen (secondary N) is 1. The highest BCUT2D eigenvalue weighted by molar-refractivity contribution is 7.98. The van der Waals surface area contributed by atoms with E-state index in [-0.39, 0.29) is 23.7 Å². The van der Waals surface area contributed by atoms with Gasteiger partial charge >= 0.3 is 5.97 Å². The van der Waals surface area contributed by atoms with E-state index in [0.717, 1.165) is 0 Å². The van der Waals surface area contributed by atoms with Gasteiger partial charge in [0.25, 0.3) is 0 Å². The van der Waals surface area contributed by atoms with Gasteiger partial charge in [-0.15, -0.1) is 0 Å². The molecule has 6 nitrogen and oxygen atoms in total. The summed E-state index contributed by atoms with van der Waals surface area (Å²) < 4.78 is 32.4. The minimum atomic E-state index is -3.92. The Morgan fingerprint density at radius 1 is 1.23 bits per heavy atom. The van der Waals surface area contributed by atoms with Crippen molar-refractivity contribution in [1.82, 2.24) is 4.72 Å². The van der Waals surface area contributed by atoms with Gasteiger partial charge in [0.05, 0.1) is 4.90 Å². The zero-order valence-corrected chi connectivity index (χ0v) is 17.6. The SMILES string of the molecule is CSCC[C@H](NS(=O)(=O)c1ccc(Cl)cc1)C(=O)OCC(=O)C(C)(C)C.